The molecule has 4 rings (SSSR count). The van der Waals surface area contributed by atoms with E-state index in [-0.39, 0.29) is 30.2 Å². The van der Waals surface area contributed by atoms with Gasteiger partial charge in [-0.05, 0) is 51.1 Å². The Labute approximate surface area is 167 Å². The van der Waals surface area contributed by atoms with Gasteiger partial charge in [-0.2, -0.15) is 0 Å². The van der Waals surface area contributed by atoms with Crippen molar-refractivity contribution >= 4 is 17.1 Å². The number of aromatic nitrogens is 4. The second-order valence-corrected chi connectivity index (χ2v) is 7.74. The number of unbranched alkanes of at least 4 members (excludes halogenated alkanes) is 1. The van der Waals surface area contributed by atoms with Gasteiger partial charge in [-0.25, -0.2) is 9.78 Å². The number of carbonyl (C=O) groups excluding carboxylic acids is 1. The summed E-state index contributed by atoms with van der Waals surface area (Å²) in [5.41, 5.74) is 0.180. The minimum atomic E-state index is -0.361. The standard InChI is InChI=1S/C20H27N5O4/c1-29-16(26)4-2-3-11-25-19(27)17-18-23(12-13-24(18)20(25)28)15(22-17)6-5-14-7-9-21-10-8-14/h12-14,21H,2-11H2,1H3. The van der Waals surface area contributed by atoms with Crippen molar-refractivity contribution in [3.05, 3.63) is 39.1 Å². The molecule has 3 aromatic rings. The van der Waals surface area contributed by atoms with Gasteiger partial charge in [-0.1, -0.05) is 0 Å². The van der Waals surface area contributed by atoms with E-state index in [9.17, 15) is 14.4 Å². The lowest BCUT2D eigenvalue weighted by atomic mass is 9.93. The fourth-order valence-corrected chi connectivity index (χ4v) is 4.22. The van der Waals surface area contributed by atoms with Crippen LogP contribution in [0, 0.1) is 5.92 Å². The molecular formula is C20H27N5O4. The van der Waals surface area contributed by atoms with E-state index in [2.05, 4.69) is 15.0 Å². The first-order valence-corrected chi connectivity index (χ1v) is 10.3. The van der Waals surface area contributed by atoms with Crippen LogP contribution in [0.5, 0.6) is 0 Å². The summed E-state index contributed by atoms with van der Waals surface area (Å²) < 4.78 is 9.22. The second kappa shape index (κ2) is 8.36. The number of hydrogen-bond donors (Lipinski definition) is 1. The van der Waals surface area contributed by atoms with E-state index in [4.69, 9.17) is 0 Å². The second-order valence-electron chi connectivity index (χ2n) is 7.74. The molecule has 1 fully saturated rings. The van der Waals surface area contributed by atoms with Gasteiger partial charge >= 0.3 is 11.7 Å². The van der Waals surface area contributed by atoms with E-state index in [1.54, 1.807) is 6.20 Å². The number of methoxy groups -OCH3 is 1. The number of ether oxygens (including phenoxy) is 1. The largest absolute Gasteiger partial charge is 0.469 e. The Morgan fingerprint density at radius 1 is 1.21 bits per heavy atom. The van der Waals surface area contributed by atoms with Crippen LogP contribution in [0.3, 0.4) is 0 Å². The Kier molecular flexibility index (Phi) is 5.66. The van der Waals surface area contributed by atoms with Gasteiger partial charge in [0.25, 0.3) is 5.56 Å². The molecule has 3 aromatic heterocycles. The number of nitrogens with one attached hydrogen (secondary N) is 1. The van der Waals surface area contributed by atoms with Gasteiger partial charge in [0.05, 0.1) is 7.11 Å². The Hall–Kier alpha value is -2.68. The molecule has 1 N–H and O–H groups in total. The Morgan fingerprint density at radius 2 is 1.97 bits per heavy atom. The van der Waals surface area contributed by atoms with E-state index in [0.717, 1.165) is 31.8 Å². The number of rotatable bonds is 8. The van der Waals surface area contributed by atoms with E-state index in [0.29, 0.717) is 29.9 Å². The van der Waals surface area contributed by atoms with E-state index < -0.39 is 0 Å². The topological polar surface area (TPSA) is 99.1 Å². The van der Waals surface area contributed by atoms with Crippen molar-refractivity contribution in [2.24, 2.45) is 5.92 Å². The van der Waals surface area contributed by atoms with E-state index in [1.807, 2.05) is 10.6 Å². The molecule has 0 radical (unpaired) electrons. The Bertz CT molecular complexity index is 1110. The molecule has 9 nitrogen and oxygen atoms in total. The molecule has 0 aromatic carbocycles. The Morgan fingerprint density at radius 3 is 2.72 bits per heavy atom. The molecule has 29 heavy (non-hydrogen) atoms. The van der Waals surface area contributed by atoms with Crippen LogP contribution in [-0.4, -0.2) is 44.5 Å². The molecule has 0 atom stereocenters. The fourth-order valence-electron chi connectivity index (χ4n) is 4.22. The summed E-state index contributed by atoms with van der Waals surface area (Å²) in [4.78, 5) is 41.6. The molecule has 156 valence electrons. The zero-order valence-electron chi connectivity index (χ0n) is 16.7. The molecule has 4 heterocycles. The van der Waals surface area contributed by atoms with Crippen molar-refractivity contribution < 1.29 is 9.53 Å². The highest BCUT2D eigenvalue weighted by Crippen LogP contribution is 2.20. The number of esters is 1. The highest BCUT2D eigenvalue weighted by Gasteiger charge is 2.21. The zero-order chi connectivity index (χ0) is 20.4. The molecule has 1 saturated heterocycles. The van der Waals surface area contributed by atoms with Crippen LogP contribution in [0.4, 0.5) is 0 Å². The van der Waals surface area contributed by atoms with Crippen molar-refractivity contribution in [3.8, 4) is 0 Å². The molecule has 0 amide bonds. The third-order valence-corrected chi connectivity index (χ3v) is 5.91. The molecule has 1 aliphatic rings. The number of aryl methyl sites for hydroxylation is 1. The van der Waals surface area contributed by atoms with Crippen LogP contribution in [0.1, 0.15) is 44.3 Å². The zero-order valence-corrected chi connectivity index (χ0v) is 16.7. The number of hydrogen-bond acceptors (Lipinski definition) is 6. The predicted octanol–water partition coefficient (Wildman–Crippen LogP) is 0.822. The maximum atomic E-state index is 12.9. The SMILES string of the molecule is COC(=O)CCCCn1c(=O)c2nc(CCC3CCNCC3)n3ccn(c1=O)c23. The highest BCUT2D eigenvalue weighted by molar-refractivity contribution is 5.71. The lowest BCUT2D eigenvalue weighted by Gasteiger charge is -2.21. The molecule has 1 aliphatic heterocycles. The average molecular weight is 401 g/mol. The van der Waals surface area contributed by atoms with Crippen LogP contribution >= 0.6 is 0 Å². The highest BCUT2D eigenvalue weighted by atomic mass is 16.5. The van der Waals surface area contributed by atoms with Gasteiger partial charge in [0, 0.05) is 31.8 Å². The van der Waals surface area contributed by atoms with Crippen molar-refractivity contribution in [1.82, 2.24) is 23.7 Å². The molecule has 9 heteroatoms. The van der Waals surface area contributed by atoms with Crippen molar-refractivity contribution in [1.29, 1.82) is 0 Å². The summed E-state index contributed by atoms with van der Waals surface area (Å²) in [7, 11) is 1.35. The van der Waals surface area contributed by atoms with Gasteiger partial charge in [0.1, 0.15) is 5.82 Å². The van der Waals surface area contributed by atoms with Crippen molar-refractivity contribution in [3.63, 3.8) is 0 Å². The third kappa shape index (κ3) is 3.78. The Balaban J connectivity index is 1.57. The minimum absolute atomic E-state index is 0.260. The smallest absolute Gasteiger partial charge is 0.336 e. The fraction of sp³-hybridized carbons (Fsp3) is 0.600. The summed E-state index contributed by atoms with van der Waals surface area (Å²) in [6.07, 6.45) is 9.04. The molecular weight excluding hydrogens is 374 g/mol. The summed E-state index contributed by atoms with van der Waals surface area (Å²) in [6.45, 7) is 2.37. The van der Waals surface area contributed by atoms with Gasteiger partial charge in [-0.15, -0.1) is 0 Å². The number of piperidine rings is 1. The third-order valence-electron chi connectivity index (χ3n) is 5.91. The van der Waals surface area contributed by atoms with Crippen molar-refractivity contribution in [2.45, 2.75) is 51.5 Å². The van der Waals surface area contributed by atoms with E-state index in [1.165, 1.54) is 28.9 Å². The van der Waals surface area contributed by atoms with Crippen LogP contribution in [0.25, 0.3) is 11.2 Å². The van der Waals surface area contributed by atoms with Gasteiger partial charge < -0.3 is 10.1 Å². The van der Waals surface area contributed by atoms with Gasteiger partial charge in [-0.3, -0.25) is 23.0 Å². The van der Waals surface area contributed by atoms with Gasteiger partial charge in [0.15, 0.2) is 11.2 Å². The quantitative estimate of drug-likeness (QED) is 0.443. The lowest BCUT2D eigenvalue weighted by molar-refractivity contribution is -0.140. The lowest BCUT2D eigenvalue weighted by Crippen LogP contribution is -2.37. The van der Waals surface area contributed by atoms with Gasteiger partial charge in [0.2, 0.25) is 0 Å². The molecule has 0 saturated carbocycles. The first-order valence-electron chi connectivity index (χ1n) is 10.3. The van der Waals surface area contributed by atoms with Crippen LogP contribution in [0.15, 0.2) is 22.0 Å². The van der Waals surface area contributed by atoms with Crippen molar-refractivity contribution in [2.75, 3.05) is 20.2 Å². The normalized spacial score (nSPS) is 15.5. The first kappa shape index (κ1) is 19.6. The predicted molar refractivity (Wildman–Crippen MR) is 108 cm³/mol. The van der Waals surface area contributed by atoms with Crippen LogP contribution < -0.4 is 16.6 Å². The molecule has 0 spiro atoms. The maximum Gasteiger partial charge on any atom is 0.336 e. The average Bonchev–Trinajstić information content (AvgIpc) is 3.33. The monoisotopic (exact) mass is 401 g/mol. The number of imidazole rings is 2. The van der Waals surface area contributed by atoms with E-state index >= 15 is 0 Å². The first-order chi connectivity index (χ1) is 14.1. The summed E-state index contributed by atoms with van der Waals surface area (Å²) in [5, 5.41) is 3.38. The molecule has 0 bridgehead atoms. The number of carbonyl (C=O) groups is 1. The summed E-state index contributed by atoms with van der Waals surface area (Å²) >= 11 is 0. The van der Waals surface area contributed by atoms with Crippen LogP contribution in [0.2, 0.25) is 0 Å². The molecule has 0 unspecified atom stereocenters. The van der Waals surface area contributed by atoms with Crippen LogP contribution in [-0.2, 0) is 22.5 Å². The summed E-state index contributed by atoms with van der Waals surface area (Å²) in [6, 6.07) is 0. The summed E-state index contributed by atoms with van der Waals surface area (Å²) in [5.74, 6) is 1.21. The maximum absolute atomic E-state index is 12.9. The number of nitrogens with zero attached hydrogens (tertiary/aromatic N) is 4. The minimum Gasteiger partial charge on any atom is -0.469 e. The molecule has 0 aliphatic carbocycles.